The summed E-state index contributed by atoms with van der Waals surface area (Å²) < 4.78 is 1.65. The van der Waals surface area contributed by atoms with Gasteiger partial charge in [-0.1, -0.05) is 17.8 Å². The van der Waals surface area contributed by atoms with Gasteiger partial charge in [-0.2, -0.15) is 4.98 Å². The van der Waals surface area contributed by atoms with Crippen molar-refractivity contribution in [1.82, 2.24) is 19.6 Å². The molecule has 4 N–H and O–H groups in total. The predicted octanol–water partition coefficient (Wildman–Crippen LogP) is 2.13. The van der Waals surface area contributed by atoms with Crippen molar-refractivity contribution in [2.24, 2.45) is 5.73 Å². The molecule has 3 amide bonds. The van der Waals surface area contributed by atoms with Gasteiger partial charge in [-0.3, -0.25) is 4.79 Å². The second-order valence-corrected chi connectivity index (χ2v) is 6.64. The zero-order valence-electron chi connectivity index (χ0n) is 15.1. The topological polar surface area (TPSA) is 127 Å². The van der Waals surface area contributed by atoms with E-state index in [4.69, 9.17) is 5.73 Å². The summed E-state index contributed by atoms with van der Waals surface area (Å²) in [5, 5.41) is 10.3. The highest BCUT2D eigenvalue weighted by Crippen LogP contribution is 2.19. The maximum atomic E-state index is 12.5. The summed E-state index contributed by atoms with van der Waals surface area (Å²) in [6.07, 6.45) is 2.04. The average molecular weight is 385 g/mol. The maximum absolute atomic E-state index is 12.5. The Morgan fingerprint density at radius 2 is 1.89 bits per heavy atom. The summed E-state index contributed by atoms with van der Waals surface area (Å²) in [4.78, 5) is 32.2. The second-order valence-electron chi connectivity index (χ2n) is 5.87. The SMILES string of the molecule is CSc1nc2nc(C)c(CC(=O)Nc3cccc(NC(N)=O)c3)c(C)n2n1. The van der Waals surface area contributed by atoms with Crippen LogP contribution in [0, 0.1) is 13.8 Å². The van der Waals surface area contributed by atoms with E-state index in [0.717, 1.165) is 17.0 Å². The molecule has 0 atom stereocenters. The molecule has 0 aliphatic heterocycles. The van der Waals surface area contributed by atoms with Crippen LogP contribution >= 0.6 is 11.8 Å². The lowest BCUT2D eigenvalue weighted by atomic mass is 10.1. The van der Waals surface area contributed by atoms with Gasteiger partial charge in [0.1, 0.15) is 0 Å². The third-order valence-corrected chi connectivity index (χ3v) is 4.50. The first kappa shape index (κ1) is 18.6. The van der Waals surface area contributed by atoms with E-state index in [0.29, 0.717) is 22.3 Å². The molecule has 0 spiro atoms. The Kier molecular flexibility index (Phi) is 5.26. The number of benzene rings is 1. The number of hydrogen-bond donors (Lipinski definition) is 3. The number of urea groups is 1. The molecule has 0 aliphatic carbocycles. The van der Waals surface area contributed by atoms with Gasteiger partial charge in [0.15, 0.2) is 0 Å². The maximum Gasteiger partial charge on any atom is 0.316 e. The molecule has 0 bridgehead atoms. The molecule has 0 radical (unpaired) electrons. The Morgan fingerprint density at radius 3 is 2.56 bits per heavy atom. The Bertz CT molecular complexity index is 1030. The van der Waals surface area contributed by atoms with E-state index < -0.39 is 6.03 Å². The predicted molar refractivity (Wildman–Crippen MR) is 104 cm³/mol. The third kappa shape index (κ3) is 4.17. The largest absolute Gasteiger partial charge is 0.351 e. The normalized spacial score (nSPS) is 10.8. The Balaban J connectivity index is 1.81. The van der Waals surface area contributed by atoms with Crippen LogP contribution in [0.5, 0.6) is 0 Å². The first-order valence-electron chi connectivity index (χ1n) is 8.10. The molecule has 2 aromatic heterocycles. The summed E-state index contributed by atoms with van der Waals surface area (Å²) in [5.74, 6) is 0.313. The number of primary amides is 1. The van der Waals surface area contributed by atoms with Gasteiger partial charge < -0.3 is 16.4 Å². The van der Waals surface area contributed by atoms with Crippen molar-refractivity contribution in [2.45, 2.75) is 25.4 Å². The fourth-order valence-corrected chi connectivity index (χ4v) is 3.05. The number of carbonyl (C=O) groups excluding carboxylic acids is 2. The van der Waals surface area contributed by atoms with Crippen molar-refractivity contribution in [3.05, 3.63) is 41.2 Å². The molecule has 0 fully saturated rings. The molecule has 9 nitrogen and oxygen atoms in total. The van der Waals surface area contributed by atoms with Crippen LogP contribution in [0.2, 0.25) is 0 Å². The van der Waals surface area contributed by atoms with Gasteiger partial charge in [0, 0.05) is 28.3 Å². The highest BCUT2D eigenvalue weighted by molar-refractivity contribution is 7.98. The molecule has 0 saturated carbocycles. The minimum atomic E-state index is -0.665. The first-order chi connectivity index (χ1) is 12.9. The Labute approximate surface area is 159 Å². The quantitative estimate of drug-likeness (QED) is 0.577. The zero-order chi connectivity index (χ0) is 19.6. The number of rotatable bonds is 5. The second kappa shape index (κ2) is 7.62. The van der Waals surface area contributed by atoms with Gasteiger partial charge in [-0.05, 0) is 38.3 Å². The number of aryl methyl sites for hydroxylation is 2. The van der Waals surface area contributed by atoms with Gasteiger partial charge >= 0.3 is 6.03 Å². The van der Waals surface area contributed by atoms with E-state index in [-0.39, 0.29) is 12.3 Å². The number of nitrogens with zero attached hydrogens (tertiary/aromatic N) is 4. The van der Waals surface area contributed by atoms with Crippen molar-refractivity contribution in [1.29, 1.82) is 0 Å². The van der Waals surface area contributed by atoms with Crippen molar-refractivity contribution in [2.75, 3.05) is 16.9 Å². The Hall–Kier alpha value is -3.14. The summed E-state index contributed by atoms with van der Waals surface area (Å²) >= 11 is 1.43. The minimum absolute atomic E-state index is 0.141. The number of fused-ring (bicyclic) bond motifs is 1. The van der Waals surface area contributed by atoms with Crippen LogP contribution in [0.3, 0.4) is 0 Å². The molecule has 3 rings (SSSR count). The van der Waals surface area contributed by atoms with E-state index in [1.807, 2.05) is 20.1 Å². The summed E-state index contributed by atoms with van der Waals surface area (Å²) in [6.45, 7) is 3.74. The number of carbonyl (C=O) groups is 2. The van der Waals surface area contributed by atoms with Crippen molar-refractivity contribution < 1.29 is 9.59 Å². The number of anilines is 2. The molecule has 1 aromatic carbocycles. The smallest absolute Gasteiger partial charge is 0.316 e. The van der Waals surface area contributed by atoms with E-state index in [2.05, 4.69) is 25.7 Å². The Morgan fingerprint density at radius 1 is 1.19 bits per heavy atom. The standard InChI is InChI=1S/C17H19N7O2S/c1-9-13(10(2)24-16(19-9)22-17(23-24)27-3)8-14(25)20-11-5-4-6-12(7-11)21-15(18)26/h4-7H,8H2,1-3H3,(H,20,25)(H3,18,21,26). The summed E-state index contributed by atoms with van der Waals surface area (Å²) in [5.41, 5.74) is 8.52. The van der Waals surface area contributed by atoms with Crippen LogP contribution in [-0.2, 0) is 11.2 Å². The van der Waals surface area contributed by atoms with Gasteiger partial charge in [-0.15, -0.1) is 5.10 Å². The molecule has 140 valence electrons. The minimum Gasteiger partial charge on any atom is -0.351 e. The van der Waals surface area contributed by atoms with E-state index in [9.17, 15) is 9.59 Å². The first-order valence-corrected chi connectivity index (χ1v) is 9.33. The van der Waals surface area contributed by atoms with Crippen LogP contribution in [0.4, 0.5) is 16.2 Å². The van der Waals surface area contributed by atoms with Gasteiger partial charge in [0.25, 0.3) is 5.78 Å². The number of hydrogen-bond acceptors (Lipinski definition) is 6. The van der Waals surface area contributed by atoms with Crippen molar-refractivity contribution in [3.63, 3.8) is 0 Å². The monoisotopic (exact) mass is 385 g/mol. The van der Waals surface area contributed by atoms with Crippen LogP contribution < -0.4 is 16.4 Å². The van der Waals surface area contributed by atoms with E-state index in [1.165, 1.54) is 11.8 Å². The third-order valence-electron chi connectivity index (χ3n) is 3.96. The number of amides is 3. The average Bonchev–Trinajstić information content (AvgIpc) is 3.01. The van der Waals surface area contributed by atoms with Gasteiger partial charge in [0.2, 0.25) is 11.1 Å². The molecule has 0 unspecified atom stereocenters. The molecule has 3 aromatic rings. The highest BCUT2D eigenvalue weighted by Gasteiger charge is 2.16. The van der Waals surface area contributed by atoms with Crippen LogP contribution in [0.1, 0.15) is 17.0 Å². The number of nitrogens with two attached hydrogens (primary N) is 1. The molecular weight excluding hydrogens is 366 g/mol. The molecule has 0 aliphatic rings. The fraction of sp³-hybridized carbons (Fsp3) is 0.235. The molecule has 10 heteroatoms. The zero-order valence-corrected chi connectivity index (χ0v) is 15.9. The fourth-order valence-electron chi connectivity index (χ4n) is 2.72. The van der Waals surface area contributed by atoms with Crippen LogP contribution in [-0.4, -0.2) is 37.8 Å². The van der Waals surface area contributed by atoms with Gasteiger partial charge in [0.05, 0.1) is 6.42 Å². The van der Waals surface area contributed by atoms with Crippen molar-refractivity contribution in [3.8, 4) is 0 Å². The summed E-state index contributed by atoms with van der Waals surface area (Å²) in [7, 11) is 0. The number of aromatic nitrogens is 4. The molecule has 0 saturated heterocycles. The molecular formula is C17H19N7O2S. The molecule has 27 heavy (non-hydrogen) atoms. The van der Waals surface area contributed by atoms with Crippen molar-refractivity contribution >= 4 is 40.9 Å². The highest BCUT2D eigenvalue weighted by atomic mass is 32.2. The van der Waals surface area contributed by atoms with Crippen LogP contribution in [0.25, 0.3) is 5.78 Å². The lowest BCUT2D eigenvalue weighted by molar-refractivity contribution is -0.115. The van der Waals surface area contributed by atoms with Gasteiger partial charge in [-0.25, -0.2) is 14.3 Å². The lowest BCUT2D eigenvalue weighted by Crippen LogP contribution is -2.20. The number of thioether (sulfide) groups is 1. The van der Waals surface area contributed by atoms with E-state index >= 15 is 0 Å². The lowest BCUT2D eigenvalue weighted by Gasteiger charge is -2.11. The van der Waals surface area contributed by atoms with E-state index in [1.54, 1.807) is 28.8 Å². The number of nitrogens with one attached hydrogen (secondary N) is 2. The summed E-state index contributed by atoms with van der Waals surface area (Å²) in [6, 6.07) is 6.09. The van der Waals surface area contributed by atoms with Crippen LogP contribution in [0.15, 0.2) is 29.4 Å². The molecule has 2 heterocycles.